The summed E-state index contributed by atoms with van der Waals surface area (Å²) < 4.78 is 20.6. The van der Waals surface area contributed by atoms with Gasteiger partial charge >= 0.3 is 0 Å². The van der Waals surface area contributed by atoms with Crippen LogP contribution in [0, 0.1) is 5.82 Å². The Morgan fingerprint density at radius 3 is 2.77 bits per heavy atom. The topological polar surface area (TPSA) is 76.3 Å². The molecule has 0 radical (unpaired) electrons. The lowest BCUT2D eigenvalue weighted by molar-refractivity contribution is -0.120. The summed E-state index contributed by atoms with van der Waals surface area (Å²) in [6, 6.07) is 9.56. The molecule has 2 amide bonds. The monoisotopic (exact) mass is 357 g/mol. The summed E-state index contributed by atoms with van der Waals surface area (Å²) in [4.78, 5) is 24.3. The Kier molecular flexibility index (Phi) is 5.06. The molecular weight excluding hydrogens is 337 g/mol. The van der Waals surface area contributed by atoms with Gasteiger partial charge in [-0.05, 0) is 31.5 Å². The van der Waals surface area contributed by atoms with Crippen molar-refractivity contribution in [2.24, 2.45) is 0 Å². The molecule has 0 saturated carbocycles. The highest BCUT2D eigenvalue weighted by Gasteiger charge is 2.18. The van der Waals surface area contributed by atoms with Crippen LogP contribution in [0.25, 0.3) is 11.1 Å². The average molecular weight is 357 g/mol. The molecule has 2 aromatic heterocycles. The first-order valence-corrected chi connectivity index (χ1v) is 8.33. The van der Waals surface area contributed by atoms with Crippen LogP contribution in [0.4, 0.5) is 4.39 Å². The highest BCUT2D eigenvalue weighted by Crippen LogP contribution is 2.22. The first kappa shape index (κ1) is 17.7. The number of hydrogen-bond donors (Lipinski definition) is 2. The van der Waals surface area contributed by atoms with Gasteiger partial charge in [-0.1, -0.05) is 12.1 Å². The first-order valence-electron chi connectivity index (χ1n) is 8.33. The standard InChI is InChI=1S/C19H20FN3O3/c1-12(2)22-18(24)10-21-19(25)16-9-17-15(6-7-26-17)23(16)11-13-4-3-5-14(20)8-13/h3-9,12H,10-11H2,1-2H3,(H,21,25)(H,22,24). The first-order chi connectivity index (χ1) is 12.4. The summed E-state index contributed by atoms with van der Waals surface area (Å²) >= 11 is 0. The lowest BCUT2D eigenvalue weighted by Crippen LogP contribution is -2.40. The molecule has 136 valence electrons. The van der Waals surface area contributed by atoms with Crippen molar-refractivity contribution in [2.45, 2.75) is 26.4 Å². The molecule has 2 heterocycles. The number of rotatable bonds is 6. The Balaban J connectivity index is 1.82. The Morgan fingerprint density at radius 2 is 2.04 bits per heavy atom. The second-order valence-electron chi connectivity index (χ2n) is 6.32. The van der Waals surface area contributed by atoms with Crippen molar-refractivity contribution in [1.82, 2.24) is 15.2 Å². The molecule has 0 spiro atoms. The predicted octanol–water partition coefficient (Wildman–Crippen LogP) is 2.68. The van der Waals surface area contributed by atoms with E-state index in [1.165, 1.54) is 18.4 Å². The number of carbonyl (C=O) groups excluding carboxylic acids is 2. The number of nitrogens with one attached hydrogen (secondary N) is 2. The number of furan rings is 1. The zero-order chi connectivity index (χ0) is 18.7. The van der Waals surface area contributed by atoms with E-state index in [4.69, 9.17) is 4.42 Å². The van der Waals surface area contributed by atoms with E-state index < -0.39 is 5.91 Å². The van der Waals surface area contributed by atoms with Gasteiger partial charge in [-0.2, -0.15) is 0 Å². The Labute approximate surface area is 150 Å². The maximum Gasteiger partial charge on any atom is 0.268 e. The molecule has 0 unspecified atom stereocenters. The maximum absolute atomic E-state index is 13.5. The molecule has 2 N–H and O–H groups in total. The van der Waals surface area contributed by atoms with Gasteiger partial charge in [-0.3, -0.25) is 9.59 Å². The molecule has 0 aliphatic heterocycles. The van der Waals surface area contributed by atoms with Crippen LogP contribution in [0.2, 0.25) is 0 Å². The van der Waals surface area contributed by atoms with E-state index in [1.807, 2.05) is 13.8 Å². The number of carbonyl (C=O) groups is 2. The van der Waals surface area contributed by atoms with E-state index in [0.29, 0.717) is 17.8 Å². The lowest BCUT2D eigenvalue weighted by atomic mass is 10.2. The predicted molar refractivity (Wildman–Crippen MR) is 95.3 cm³/mol. The third kappa shape index (κ3) is 3.93. The van der Waals surface area contributed by atoms with Crippen molar-refractivity contribution < 1.29 is 18.4 Å². The van der Waals surface area contributed by atoms with Crippen molar-refractivity contribution in [2.75, 3.05) is 6.54 Å². The van der Waals surface area contributed by atoms with E-state index in [9.17, 15) is 14.0 Å². The van der Waals surface area contributed by atoms with Crippen LogP contribution in [0.3, 0.4) is 0 Å². The molecule has 0 fully saturated rings. The number of benzene rings is 1. The van der Waals surface area contributed by atoms with Gasteiger partial charge in [-0.15, -0.1) is 0 Å². The summed E-state index contributed by atoms with van der Waals surface area (Å²) in [5.41, 5.74) is 2.35. The highest BCUT2D eigenvalue weighted by molar-refractivity contribution is 5.99. The third-order valence-corrected chi connectivity index (χ3v) is 3.84. The molecule has 3 rings (SSSR count). The smallest absolute Gasteiger partial charge is 0.268 e. The van der Waals surface area contributed by atoms with Gasteiger partial charge < -0.3 is 19.6 Å². The minimum absolute atomic E-state index is 0.00132. The lowest BCUT2D eigenvalue weighted by Gasteiger charge is -2.12. The van der Waals surface area contributed by atoms with Crippen LogP contribution in [-0.2, 0) is 11.3 Å². The number of nitrogens with zero attached hydrogens (tertiary/aromatic N) is 1. The summed E-state index contributed by atoms with van der Waals surface area (Å²) in [6.07, 6.45) is 1.53. The number of hydrogen-bond acceptors (Lipinski definition) is 3. The van der Waals surface area contributed by atoms with Crippen LogP contribution in [0.1, 0.15) is 29.9 Å². The van der Waals surface area contributed by atoms with E-state index >= 15 is 0 Å². The molecule has 0 atom stereocenters. The van der Waals surface area contributed by atoms with E-state index in [1.54, 1.807) is 28.8 Å². The molecule has 0 saturated heterocycles. The van der Waals surface area contributed by atoms with Crippen LogP contribution in [0.15, 0.2) is 47.1 Å². The SMILES string of the molecule is CC(C)NC(=O)CNC(=O)c1cc2occc2n1Cc1cccc(F)c1. The van der Waals surface area contributed by atoms with Gasteiger partial charge in [0.2, 0.25) is 5.91 Å². The molecule has 6 nitrogen and oxygen atoms in total. The highest BCUT2D eigenvalue weighted by atomic mass is 19.1. The fourth-order valence-electron chi connectivity index (χ4n) is 2.78. The zero-order valence-electron chi connectivity index (χ0n) is 14.6. The molecule has 0 bridgehead atoms. The van der Waals surface area contributed by atoms with Crippen molar-refractivity contribution in [3.05, 3.63) is 59.7 Å². The zero-order valence-corrected chi connectivity index (χ0v) is 14.6. The Hall–Kier alpha value is -3.09. The van der Waals surface area contributed by atoms with Crippen molar-refractivity contribution in [3.8, 4) is 0 Å². The van der Waals surface area contributed by atoms with Crippen molar-refractivity contribution in [1.29, 1.82) is 0 Å². The second-order valence-corrected chi connectivity index (χ2v) is 6.32. The van der Waals surface area contributed by atoms with Gasteiger partial charge in [-0.25, -0.2) is 4.39 Å². The van der Waals surface area contributed by atoms with Gasteiger partial charge in [0, 0.05) is 24.7 Å². The molecule has 26 heavy (non-hydrogen) atoms. The minimum Gasteiger partial charge on any atom is -0.463 e. The summed E-state index contributed by atoms with van der Waals surface area (Å²) in [5, 5.41) is 5.32. The van der Waals surface area contributed by atoms with E-state index in [2.05, 4.69) is 10.6 Å². The molecule has 0 aliphatic carbocycles. The molecule has 3 aromatic rings. The van der Waals surface area contributed by atoms with E-state index in [-0.39, 0.29) is 24.3 Å². The van der Waals surface area contributed by atoms with Crippen LogP contribution in [-0.4, -0.2) is 29.0 Å². The molecule has 0 aliphatic rings. The Bertz CT molecular complexity index is 943. The fourth-order valence-corrected chi connectivity index (χ4v) is 2.78. The third-order valence-electron chi connectivity index (χ3n) is 3.84. The normalized spacial score (nSPS) is 11.1. The number of amides is 2. The van der Waals surface area contributed by atoms with Crippen LogP contribution < -0.4 is 10.6 Å². The van der Waals surface area contributed by atoms with Gasteiger partial charge in [0.05, 0.1) is 18.3 Å². The maximum atomic E-state index is 13.5. The van der Waals surface area contributed by atoms with Crippen molar-refractivity contribution in [3.63, 3.8) is 0 Å². The quantitative estimate of drug-likeness (QED) is 0.712. The Morgan fingerprint density at radius 1 is 1.23 bits per heavy atom. The second kappa shape index (κ2) is 7.43. The van der Waals surface area contributed by atoms with Gasteiger partial charge in [0.1, 0.15) is 11.5 Å². The van der Waals surface area contributed by atoms with Gasteiger partial charge in [0.25, 0.3) is 5.91 Å². The number of aromatic nitrogens is 1. The largest absolute Gasteiger partial charge is 0.463 e. The molecule has 7 heteroatoms. The fraction of sp³-hybridized carbons (Fsp3) is 0.263. The van der Waals surface area contributed by atoms with Crippen molar-refractivity contribution >= 4 is 22.9 Å². The molecular formula is C19H20FN3O3. The number of fused-ring (bicyclic) bond motifs is 1. The average Bonchev–Trinajstić information content (AvgIpc) is 3.15. The number of halogens is 1. The van der Waals surface area contributed by atoms with Gasteiger partial charge in [0.15, 0.2) is 5.58 Å². The molecule has 1 aromatic carbocycles. The van der Waals surface area contributed by atoms with Crippen LogP contribution in [0.5, 0.6) is 0 Å². The van der Waals surface area contributed by atoms with Crippen LogP contribution >= 0.6 is 0 Å². The van der Waals surface area contributed by atoms with E-state index in [0.717, 1.165) is 11.1 Å². The summed E-state index contributed by atoms with van der Waals surface area (Å²) in [7, 11) is 0. The minimum atomic E-state index is -0.397. The summed E-state index contributed by atoms with van der Waals surface area (Å²) in [5.74, 6) is -0.999. The summed E-state index contributed by atoms with van der Waals surface area (Å²) in [6.45, 7) is 3.88.